The lowest BCUT2D eigenvalue weighted by Gasteiger charge is -2.17. The summed E-state index contributed by atoms with van der Waals surface area (Å²) in [6.45, 7) is 3.86. The average Bonchev–Trinajstić information content (AvgIpc) is 2.67. The number of ether oxygens (including phenoxy) is 2. The van der Waals surface area contributed by atoms with Gasteiger partial charge in [0.15, 0.2) is 11.5 Å². The highest BCUT2D eigenvalue weighted by Crippen LogP contribution is 2.38. The monoisotopic (exact) mass is 409 g/mol. The maximum atomic E-state index is 12.9. The molecule has 1 atom stereocenters. The number of halogens is 4. The molecule has 0 heterocycles. The van der Waals surface area contributed by atoms with Crippen molar-refractivity contribution in [1.82, 2.24) is 0 Å². The summed E-state index contributed by atoms with van der Waals surface area (Å²) >= 11 is 6.31. The second-order valence-corrected chi connectivity index (χ2v) is 6.53. The highest BCUT2D eigenvalue weighted by molar-refractivity contribution is 6.32. The maximum absolute atomic E-state index is 12.9. The Kier molecular flexibility index (Phi) is 6.98. The van der Waals surface area contributed by atoms with Gasteiger partial charge in [0.05, 0.1) is 35.4 Å². The number of rotatable bonds is 6. The van der Waals surface area contributed by atoms with Crippen LogP contribution in [0.25, 0.3) is 11.6 Å². The number of nitriles is 1. The Labute approximate surface area is 167 Å². The summed E-state index contributed by atoms with van der Waals surface area (Å²) in [6.07, 6.45) is -2.34. The van der Waals surface area contributed by atoms with E-state index in [0.29, 0.717) is 17.1 Å². The van der Waals surface area contributed by atoms with Crippen LogP contribution < -0.4 is 9.47 Å². The van der Waals surface area contributed by atoms with Gasteiger partial charge in [0.25, 0.3) is 0 Å². The molecule has 0 aliphatic heterocycles. The molecule has 7 heteroatoms. The van der Waals surface area contributed by atoms with Crippen LogP contribution in [0.1, 0.15) is 37.0 Å². The number of nitrogens with zero attached hydrogens (tertiary/aromatic N) is 1. The molecule has 2 aromatic rings. The van der Waals surface area contributed by atoms with Crippen molar-refractivity contribution >= 4 is 23.3 Å². The van der Waals surface area contributed by atoms with Crippen LogP contribution in [0.2, 0.25) is 5.02 Å². The molecule has 3 nitrogen and oxygen atoms in total. The summed E-state index contributed by atoms with van der Waals surface area (Å²) in [5.74, 6) is 0.758. The van der Waals surface area contributed by atoms with Crippen LogP contribution in [0.4, 0.5) is 13.2 Å². The minimum absolute atomic E-state index is 0.0693. The summed E-state index contributed by atoms with van der Waals surface area (Å²) in [6, 6.07) is 9.74. The molecule has 2 rings (SSSR count). The zero-order valence-corrected chi connectivity index (χ0v) is 16.4. The highest BCUT2D eigenvalue weighted by atomic mass is 35.5. The van der Waals surface area contributed by atoms with Crippen LogP contribution >= 0.6 is 11.6 Å². The lowest BCUT2D eigenvalue weighted by molar-refractivity contribution is -0.137. The summed E-state index contributed by atoms with van der Waals surface area (Å²) in [5.41, 5.74) is -0.0847. The van der Waals surface area contributed by atoms with E-state index in [4.69, 9.17) is 21.1 Å². The first kappa shape index (κ1) is 21.6. The van der Waals surface area contributed by atoms with Crippen molar-refractivity contribution in [2.24, 2.45) is 0 Å². The third kappa shape index (κ3) is 5.20. The van der Waals surface area contributed by atoms with Crippen molar-refractivity contribution in [2.45, 2.75) is 32.5 Å². The second-order valence-electron chi connectivity index (χ2n) is 6.12. The molecule has 148 valence electrons. The van der Waals surface area contributed by atoms with Crippen LogP contribution in [-0.2, 0) is 6.18 Å². The van der Waals surface area contributed by atoms with Gasteiger partial charge in [0, 0.05) is 0 Å². The maximum Gasteiger partial charge on any atom is 0.416 e. The van der Waals surface area contributed by atoms with Gasteiger partial charge in [-0.3, -0.25) is 0 Å². The molecule has 2 aromatic carbocycles. The summed E-state index contributed by atoms with van der Waals surface area (Å²) < 4.78 is 49.9. The van der Waals surface area contributed by atoms with Gasteiger partial charge < -0.3 is 9.47 Å². The third-order valence-electron chi connectivity index (χ3n) is 4.08. The van der Waals surface area contributed by atoms with Gasteiger partial charge in [-0.15, -0.1) is 0 Å². The SMILES string of the molecule is CC[C@@H](C)Oc1c(Cl)cc(/C=C(/C#N)c2cccc(C(F)(F)F)c2)cc1OC. The van der Waals surface area contributed by atoms with Crippen LogP contribution in [0.3, 0.4) is 0 Å². The molecular weight excluding hydrogens is 391 g/mol. The highest BCUT2D eigenvalue weighted by Gasteiger charge is 2.30. The molecular formula is C21H19ClF3NO2. The minimum Gasteiger partial charge on any atom is -0.493 e. The first-order valence-corrected chi connectivity index (χ1v) is 8.91. The summed E-state index contributed by atoms with van der Waals surface area (Å²) in [4.78, 5) is 0. The number of alkyl halides is 3. The van der Waals surface area contributed by atoms with E-state index in [1.54, 1.807) is 12.1 Å². The van der Waals surface area contributed by atoms with Crippen molar-refractivity contribution in [3.63, 3.8) is 0 Å². The predicted octanol–water partition coefficient (Wildman–Crippen LogP) is 6.61. The molecule has 28 heavy (non-hydrogen) atoms. The average molecular weight is 410 g/mol. The van der Waals surface area contributed by atoms with E-state index >= 15 is 0 Å². The van der Waals surface area contributed by atoms with Gasteiger partial charge in [0.1, 0.15) is 0 Å². The smallest absolute Gasteiger partial charge is 0.416 e. The molecule has 0 radical (unpaired) electrons. The quantitative estimate of drug-likeness (QED) is 0.398. The van der Waals surface area contributed by atoms with Gasteiger partial charge in [-0.05, 0) is 54.8 Å². The van der Waals surface area contributed by atoms with Crippen LogP contribution in [0, 0.1) is 11.3 Å². The number of methoxy groups -OCH3 is 1. The van der Waals surface area contributed by atoms with E-state index in [1.807, 2.05) is 19.9 Å². The summed E-state index contributed by atoms with van der Waals surface area (Å²) in [5, 5.41) is 9.73. The van der Waals surface area contributed by atoms with Crippen LogP contribution in [-0.4, -0.2) is 13.2 Å². The van der Waals surface area contributed by atoms with E-state index < -0.39 is 11.7 Å². The van der Waals surface area contributed by atoms with E-state index in [1.165, 1.54) is 25.3 Å². The zero-order valence-electron chi connectivity index (χ0n) is 15.6. The standard InChI is InChI=1S/C21H19ClF3NO2/c1-4-13(2)28-20-18(22)9-14(10-19(20)27-3)8-16(12-26)15-6-5-7-17(11-15)21(23,24)25/h5-11,13H,4H2,1-3H3/b16-8-/t13-/m1/s1. The zero-order chi connectivity index (χ0) is 20.9. The van der Waals surface area contributed by atoms with Gasteiger partial charge in [-0.25, -0.2) is 0 Å². The molecule has 0 saturated heterocycles. The van der Waals surface area contributed by atoms with Crippen molar-refractivity contribution in [1.29, 1.82) is 5.26 Å². The van der Waals surface area contributed by atoms with E-state index in [-0.39, 0.29) is 22.3 Å². The number of allylic oxidation sites excluding steroid dienone is 1. The van der Waals surface area contributed by atoms with Crippen molar-refractivity contribution in [3.05, 3.63) is 58.1 Å². The topological polar surface area (TPSA) is 42.2 Å². The Morgan fingerprint density at radius 2 is 2.00 bits per heavy atom. The van der Waals surface area contributed by atoms with Crippen molar-refractivity contribution in [3.8, 4) is 17.6 Å². The molecule has 0 unspecified atom stereocenters. The van der Waals surface area contributed by atoms with Crippen LogP contribution in [0.5, 0.6) is 11.5 Å². The van der Waals surface area contributed by atoms with Crippen molar-refractivity contribution < 1.29 is 22.6 Å². The Morgan fingerprint density at radius 3 is 2.57 bits per heavy atom. The Bertz CT molecular complexity index is 917. The first-order chi connectivity index (χ1) is 13.2. The van der Waals surface area contributed by atoms with Crippen molar-refractivity contribution in [2.75, 3.05) is 7.11 Å². The number of hydrogen-bond donors (Lipinski definition) is 0. The van der Waals surface area contributed by atoms with E-state index in [2.05, 4.69) is 0 Å². The normalized spacial score (nSPS) is 13.0. The fraction of sp³-hybridized carbons (Fsp3) is 0.286. The second kappa shape index (κ2) is 9.03. The first-order valence-electron chi connectivity index (χ1n) is 8.53. The fourth-order valence-electron chi connectivity index (χ4n) is 2.43. The molecule has 0 N–H and O–H groups in total. The van der Waals surface area contributed by atoms with E-state index in [9.17, 15) is 18.4 Å². The lowest BCUT2D eigenvalue weighted by Crippen LogP contribution is -2.11. The molecule has 0 bridgehead atoms. The summed E-state index contributed by atoms with van der Waals surface area (Å²) in [7, 11) is 1.46. The molecule has 0 fully saturated rings. The minimum atomic E-state index is -4.49. The van der Waals surface area contributed by atoms with Gasteiger partial charge in [0.2, 0.25) is 0 Å². The molecule has 0 aliphatic carbocycles. The molecule has 0 aliphatic rings. The Morgan fingerprint density at radius 1 is 1.29 bits per heavy atom. The predicted molar refractivity (Wildman–Crippen MR) is 103 cm³/mol. The van der Waals surface area contributed by atoms with Gasteiger partial charge in [-0.2, -0.15) is 18.4 Å². The lowest BCUT2D eigenvalue weighted by atomic mass is 10.0. The molecule has 0 spiro atoms. The molecule has 0 saturated carbocycles. The largest absolute Gasteiger partial charge is 0.493 e. The number of benzene rings is 2. The number of hydrogen-bond acceptors (Lipinski definition) is 3. The molecule has 0 amide bonds. The Balaban J connectivity index is 2.48. The van der Waals surface area contributed by atoms with Crippen LogP contribution in [0.15, 0.2) is 36.4 Å². The van der Waals surface area contributed by atoms with Gasteiger partial charge >= 0.3 is 6.18 Å². The Hall–Kier alpha value is -2.65. The van der Waals surface area contributed by atoms with Gasteiger partial charge in [-0.1, -0.05) is 30.7 Å². The van der Waals surface area contributed by atoms with E-state index in [0.717, 1.165) is 18.6 Å². The third-order valence-corrected chi connectivity index (χ3v) is 4.36. The molecule has 0 aromatic heterocycles. The fourth-order valence-corrected chi connectivity index (χ4v) is 2.70.